The van der Waals surface area contributed by atoms with Gasteiger partial charge in [0.2, 0.25) is 0 Å². The summed E-state index contributed by atoms with van der Waals surface area (Å²) in [6.07, 6.45) is 49.7. The molecule has 0 amide bonds. The lowest BCUT2D eigenvalue weighted by atomic mass is 10.0. The van der Waals surface area contributed by atoms with Crippen LogP contribution in [0, 0.1) is 0 Å². The summed E-state index contributed by atoms with van der Waals surface area (Å²) in [5, 5.41) is 0. The van der Waals surface area contributed by atoms with E-state index in [1.165, 1.54) is 256 Å². The smallest absolute Gasteiger partial charge is 0.294 e. The van der Waals surface area contributed by atoms with Crippen LogP contribution in [0.2, 0.25) is 0 Å². The molecule has 1 N–H and O–H groups in total. The molecule has 0 radical (unpaired) electrons. The largest absolute Gasteiger partial charge is 0.320 e. The zero-order valence-corrected chi connectivity index (χ0v) is 37.5. The molecule has 0 aliphatic heterocycles. The van der Waals surface area contributed by atoms with Crippen LogP contribution in [0.3, 0.4) is 0 Å². The fraction of sp³-hybridized carbons (Fsp3) is 0.878. The predicted octanol–water partition coefficient (Wildman–Crippen LogP) is 16.4. The normalized spacial score (nSPS) is 12.2. The first kappa shape index (κ1) is 51.1. The summed E-state index contributed by atoms with van der Waals surface area (Å²) < 4.78 is 34.4. The summed E-state index contributed by atoms with van der Waals surface area (Å²) in [7, 11) is -4.17. The topological polar surface area (TPSA) is 54.4 Å². The molecule has 0 bridgehead atoms. The van der Waals surface area contributed by atoms with Crippen LogP contribution < -0.4 is 0 Å². The lowest BCUT2D eigenvalue weighted by Gasteiger charge is -2.39. The molecule has 1 aromatic rings. The fourth-order valence-corrected chi connectivity index (χ4v) is 9.07. The van der Waals surface area contributed by atoms with Gasteiger partial charge in [-0.15, -0.1) is 0 Å². The van der Waals surface area contributed by atoms with Crippen molar-refractivity contribution in [2.24, 2.45) is 0 Å². The number of hydrogen-bond donors (Lipinski definition) is 1. The third-order valence-corrected chi connectivity index (χ3v) is 13.1. The third-order valence-electron chi connectivity index (χ3n) is 12.2. The number of unbranched alkanes of at least 4 members (excludes halogenated alkanes) is 33. The summed E-state index contributed by atoms with van der Waals surface area (Å²) in [5.74, 6) is 0. The van der Waals surface area contributed by atoms with Crippen LogP contribution in [0.4, 0.5) is 0 Å². The summed E-state index contributed by atoms with van der Waals surface area (Å²) in [6, 6.07) is 7.14. The van der Waals surface area contributed by atoms with Gasteiger partial charge in [0.15, 0.2) is 0 Å². The van der Waals surface area contributed by atoms with Gasteiger partial charge in [0.05, 0.1) is 24.5 Å². The molecule has 1 rings (SSSR count). The first-order chi connectivity index (χ1) is 26.4. The minimum absolute atomic E-state index is 0.00669. The monoisotopic (exact) mass is 777 g/mol. The molecule has 318 valence electrons. The van der Waals surface area contributed by atoms with Gasteiger partial charge in [0.25, 0.3) is 10.1 Å². The minimum Gasteiger partial charge on any atom is -0.320 e. The van der Waals surface area contributed by atoms with E-state index in [1.807, 2.05) is 12.1 Å². The molecular weight excluding hydrogens is 683 g/mol. The highest BCUT2D eigenvalue weighted by atomic mass is 32.2. The Bertz CT molecular complexity index is 955. The first-order valence-corrected chi connectivity index (χ1v) is 25.7. The minimum atomic E-state index is -4.17. The Morgan fingerprint density at radius 2 is 0.593 bits per heavy atom. The Hall–Kier alpha value is -0.910. The number of rotatable bonds is 42. The summed E-state index contributed by atoms with van der Waals surface area (Å²) in [6.45, 7) is 11.6. The van der Waals surface area contributed by atoms with E-state index in [0.717, 1.165) is 11.0 Å². The second kappa shape index (κ2) is 36.4. The van der Waals surface area contributed by atoms with Crippen molar-refractivity contribution < 1.29 is 17.5 Å². The quantitative estimate of drug-likeness (QED) is 0.0409. The van der Waals surface area contributed by atoms with Crippen molar-refractivity contribution in [2.45, 2.75) is 263 Å². The van der Waals surface area contributed by atoms with Crippen LogP contribution in [0.25, 0.3) is 0 Å². The van der Waals surface area contributed by atoms with Gasteiger partial charge in [0.1, 0.15) is 6.54 Å². The maximum atomic E-state index is 11.8. The van der Waals surface area contributed by atoms with E-state index >= 15 is 0 Å². The van der Waals surface area contributed by atoms with Gasteiger partial charge < -0.3 is 4.48 Å². The molecule has 0 aromatic heterocycles. The van der Waals surface area contributed by atoms with E-state index in [0.29, 0.717) is 0 Å². The van der Waals surface area contributed by atoms with Crippen LogP contribution in [0.5, 0.6) is 0 Å². The summed E-state index contributed by atoms with van der Waals surface area (Å²) >= 11 is 0. The molecule has 54 heavy (non-hydrogen) atoms. The highest BCUT2D eigenvalue weighted by Crippen LogP contribution is 2.24. The molecule has 0 saturated heterocycles. The lowest BCUT2D eigenvalue weighted by Crippen LogP contribution is -2.49. The Morgan fingerprint density at radius 3 is 0.815 bits per heavy atom. The van der Waals surface area contributed by atoms with E-state index < -0.39 is 10.1 Å². The average molecular weight is 777 g/mol. The molecule has 0 saturated carbocycles. The number of hydrogen-bond acceptors (Lipinski definition) is 2. The summed E-state index contributed by atoms with van der Waals surface area (Å²) in [4.78, 5) is 0.00669. The lowest BCUT2D eigenvalue weighted by molar-refractivity contribution is -0.941. The number of nitrogens with zero attached hydrogens (tertiary/aromatic N) is 1. The van der Waals surface area contributed by atoms with E-state index in [2.05, 4.69) is 20.8 Å². The first-order valence-electron chi connectivity index (χ1n) is 24.3. The molecule has 0 unspecified atom stereocenters. The van der Waals surface area contributed by atoms with Gasteiger partial charge in [-0.1, -0.05) is 226 Å². The summed E-state index contributed by atoms with van der Waals surface area (Å²) in [5.41, 5.74) is 1.21. The second-order valence-corrected chi connectivity index (χ2v) is 18.9. The van der Waals surface area contributed by atoms with Crippen LogP contribution in [0.15, 0.2) is 29.2 Å². The van der Waals surface area contributed by atoms with Crippen LogP contribution >= 0.6 is 0 Å². The van der Waals surface area contributed by atoms with Crippen molar-refractivity contribution in [3.05, 3.63) is 29.8 Å². The van der Waals surface area contributed by atoms with E-state index in [1.54, 1.807) is 12.1 Å². The molecule has 1 aromatic carbocycles. The average Bonchev–Trinajstić information content (AvgIpc) is 3.16. The van der Waals surface area contributed by atoms with Crippen LogP contribution in [0.1, 0.15) is 257 Å². The molecular formula is C49H94NO3S+. The van der Waals surface area contributed by atoms with Crippen molar-refractivity contribution in [1.82, 2.24) is 0 Å². The predicted molar refractivity (Wildman–Crippen MR) is 238 cm³/mol. The number of benzene rings is 1. The third kappa shape index (κ3) is 30.3. The van der Waals surface area contributed by atoms with Crippen LogP contribution in [-0.4, -0.2) is 37.1 Å². The Labute approximate surface area is 339 Å². The standard InChI is InChI=1S/C49H93NO3S/c1-4-7-10-13-16-19-22-25-28-31-34-37-44-50(47-48-40-42-49(43-41-48)54(51,52)53,45-38-35-32-29-26-23-20-17-14-11-8-5-2)46-39-36-33-30-27-24-21-18-15-12-9-6-3/h40-43H,4-39,44-47H2,1-3H3/p+1. The van der Waals surface area contributed by atoms with Crippen LogP contribution in [-0.2, 0) is 16.7 Å². The maximum Gasteiger partial charge on any atom is 0.294 e. The van der Waals surface area contributed by atoms with Crippen molar-refractivity contribution in [3.8, 4) is 0 Å². The number of quaternary nitrogens is 1. The van der Waals surface area contributed by atoms with Gasteiger partial charge in [-0.05, 0) is 50.7 Å². The fourth-order valence-electron chi connectivity index (χ4n) is 8.59. The molecule has 0 heterocycles. The zero-order chi connectivity index (χ0) is 39.3. The highest BCUT2D eigenvalue weighted by Gasteiger charge is 2.27. The Kier molecular flexibility index (Phi) is 34.5. The molecule has 0 fully saturated rings. The molecule has 5 heteroatoms. The van der Waals surface area contributed by atoms with E-state index in [-0.39, 0.29) is 4.90 Å². The van der Waals surface area contributed by atoms with Gasteiger partial charge in [-0.3, -0.25) is 4.55 Å². The maximum absolute atomic E-state index is 11.8. The molecule has 0 aliphatic carbocycles. The van der Waals surface area contributed by atoms with Gasteiger partial charge in [0, 0.05) is 5.56 Å². The van der Waals surface area contributed by atoms with Gasteiger partial charge in [-0.2, -0.15) is 8.42 Å². The zero-order valence-electron chi connectivity index (χ0n) is 36.7. The van der Waals surface area contributed by atoms with Crippen molar-refractivity contribution in [3.63, 3.8) is 0 Å². The highest BCUT2D eigenvalue weighted by molar-refractivity contribution is 7.85. The SMILES string of the molecule is CCCCCCCCCCCCCC[N+](CCCCCCCCCCCCCC)(CCCCCCCCCCCCCC)Cc1ccc(S(=O)(=O)O)cc1. The molecule has 4 nitrogen and oxygen atoms in total. The molecule has 0 atom stereocenters. The Balaban J connectivity index is 2.73. The Morgan fingerprint density at radius 1 is 0.370 bits per heavy atom. The van der Waals surface area contributed by atoms with E-state index in [9.17, 15) is 13.0 Å². The van der Waals surface area contributed by atoms with Gasteiger partial charge in [-0.25, -0.2) is 0 Å². The van der Waals surface area contributed by atoms with Gasteiger partial charge >= 0.3 is 0 Å². The van der Waals surface area contributed by atoms with Crippen molar-refractivity contribution in [2.75, 3.05) is 19.6 Å². The van der Waals surface area contributed by atoms with Crippen molar-refractivity contribution >= 4 is 10.1 Å². The van der Waals surface area contributed by atoms with Crippen molar-refractivity contribution in [1.29, 1.82) is 0 Å². The second-order valence-electron chi connectivity index (χ2n) is 17.5. The van der Waals surface area contributed by atoms with E-state index in [4.69, 9.17) is 0 Å². The molecule has 0 aliphatic rings. The molecule has 0 spiro atoms.